The highest BCUT2D eigenvalue weighted by molar-refractivity contribution is 8.00. The first-order chi connectivity index (χ1) is 10.0. The highest BCUT2D eigenvalue weighted by Gasteiger charge is 2.44. The maximum absolute atomic E-state index is 10.7. The molecule has 0 saturated heterocycles. The summed E-state index contributed by atoms with van der Waals surface area (Å²) in [5.74, 6) is 0.963. The maximum atomic E-state index is 10.7. The molecule has 0 aromatic heterocycles. The molecule has 0 saturated carbocycles. The highest BCUT2D eigenvalue weighted by Crippen LogP contribution is 2.44. The van der Waals surface area contributed by atoms with Crippen LogP contribution in [0.25, 0.3) is 0 Å². The van der Waals surface area contributed by atoms with Gasteiger partial charge in [0.15, 0.2) is 0 Å². The van der Waals surface area contributed by atoms with E-state index in [1.54, 1.807) is 11.8 Å². The molecule has 0 heterocycles. The Balaban J connectivity index is 2.13. The smallest absolute Gasteiger partial charge is 0.250 e. The van der Waals surface area contributed by atoms with Gasteiger partial charge in [0.1, 0.15) is 0 Å². The van der Waals surface area contributed by atoms with E-state index in [2.05, 4.69) is 52.1 Å². The summed E-state index contributed by atoms with van der Waals surface area (Å²) in [5.41, 5.74) is -0.752. The number of hydrogen-bond acceptors (Lipinski definition) is 3. The van der Waals surface area contributed by atoms with Crippen molar-refractivity contribution in [1.82, 2.24) is 0 Å². The zero-order chi connectivity index (χ0) is 16.6. The average Bonchev–Trinajstić information content (AvgIpc) is 2.62. The minimum atomic E-state index is -1.84. The van der Waals surface area contributed by atoms with Crippen molar-refractivity contribution in [2.24, 2.45) is 0 Å². The van der Waals surface area contributed by atoms with E-state index in [1.807, 2.05) is 25.1 Å². The Bertz CT molecular complexity index is 544. The van der Waals surface area contributed by atoms with Crippen LogP contribution >= 0.6 is 11.8 Å². The third-order valence-corrected chi connectivity index (χ3v) is 10.5. The molecule has 22 heavy (non-hydrogen) atoms. The van der Waals surface area contributed by atoms with Gasteiger partial charge in [-0.3, -0.25) is 0 Å². The molecular formula is C18H28O2SSi. The molecule has 1 aromatic rings. The average molecular weight is 337 g/mol. The van der Waals surface area contributed by atoms with Gasteiger partial charge < -0.3 is 9.53 Å². The second-order valence-electron chi connectivity index (χ2n) is 7.88. The first-order valence-electron chi connectivity index (χ1n) is 7.85. The van der Waals surface area contributed by atoms with E-state index in [9.17, 15) is 5.11 Å². The summed E-state index contributed by atoms with van der Waals surface area (Å²) in [6.07, 6.45) is 2.72. The topological polar surface area (TPSA) is 29.5 Å². The van der Waals surface area contributed by atoms with Gasteiger partial charge in [0.2, 0.25) is 8.32 Å². The van der Waals surface area contributed by atoms with Gasteiger partial charge in [-0.15, -0.1) is 11.8 Å². The van der Waals surface area contributed by atoms with E-state index >= 15 is 0 Å². The van der Waals surface area contributed by atoms with Crippen LogP contribution in [0.3, 0.4) is 0 Å². The molecule has 0 fully saturated rings. The van der Waals surface area contributed by atoms with Crippen molar-refractivity contribution in [3.05, 3.63) is 42.2 Å². The summed E-state index contributed by atoms with van der Waals surface area (Å²) >= 11 is 1.70. The van der Waals surface area contributed by atoms with Gasteiger partial charge in [-0.1, -0.05) is 39.0 Å². The Labute approximate surface area is 140 Å². The van der Waals surface area contributed by atoms with E-state index in [0.717, 1.165) is 5.76 Å². The van der Waals surface area contributed by atoms with Gasteiger partial charge in [-0.05, 0) is 43.3 Å². The Morgan fingerprint density at radius 2 is 1.82 bits per heavy atom. The lowest BCUT2D eigenvalue weighted by Crippen LogP contribution is -2.40. The predicted octanol–water partition coefficient (Wildman–Crippen LogP) is 5.21. The summed E-state index contributed by atoms with van der Waals surface area (Å²) in [6.45, 7) is 13.1. The number of thioether (sulfide) groups is 1. The van der Waals surface area contributed by atoms with Crippen molar-refractivity contribution in [3.8, 4) is 0 Å². The number of aliphatic hydroxyl groups is 1. The van der Waals surface area contributed by atoms with E-state index < -0.39 is 13.9 Å². The molecule has 0 unspecified atom stereocenters. The molecule has 2 rings (SSSR count). The van der Waals surface area contributed by atoms with Crippen molar-refractivity contribution < 1.29 is 9.53 Å². The molecule has 0 amide bonds. The molecule has 1 aromatic carbocycles. The fraction of sp³-hybridized carbons (Fsp3) is 0.556. The third kappa shape index (κ3) is 3.97. The summed E-state index contributed by atoms with van der Waals surface area (Å²) in [4.78, 5) is 1.18. The summed E-state index contributed by atoms with van der Waals surface area (Å²) in [7, 11) is -1.84. The highest BCUT2D eigenvalue weighted by atomic mass is 32.2. The standard InChI is InChI=1S/C18H28O2SSi/c1-17(2,3)22(5,6)20-14-12-16(18(4,19)13-14)21-15-10-8-7-9-11-15/h7-12,16,19H,13H2,1-6H3/t16-,18-/m0/s1. The Morgan fingerprint density at radius 3 is 2.36 bits per heavy atom. The summed E-state index contributed by atoms with van der Waals surface area (Å²) in [6, 6.07) is 10.2. The lowest BCUT2D eigenvalue weighted by atomic mass is 10.0. The van der Waals surface area contributed by atoms with Gasteiger partial charge in [0.25, 0.3) is 0 Å². The van der Waals surface area contributed by atoms with Crippen molar-refractivity contribution >= 4 is 20.1 Å². The fourth-order valence-electron chi connectivity index (χ4n) is 2.22. The van der Waals surface area contributed by atoms with E-state index in [1.165, 1.54) is 4.90 Å². The minimum Gasteiger partial charge on any atom is -0.547 e. The number of benzene rings is 1. The van der Waals surface area contributed by atoms with Crippen LogP contribution in [0.1, 0.15) is 34.1 Å². The largest absolute Gasteiger partial charge is 0.547 e. The van der Waals surface area contributed by atoms with Crippen molar-refractivity contribution in [2.75, 3.05) is 0 Å². The van der Waals surface area contributed by atoms with Crippen LogP contribution in [0.5, 0.6) is 0 Å². The molecule has 0 aliphatic heterocycles. The molecule has 1 aliphatic carbocycles. The molecule has 122 valence electrons. The second-order valence-corrected chi connectivity index (χ2v) is 13.8. The van der Waals surface area contributed by atoms with Crippen molar-refractivity contribution in [1.29, 1.82) is 0 Å². The molecule has 0 spiro atoms. The number of rotatable bonds is 4. The molecule has 2 atom stereocenters. The molecule has 1 N–H and O–H groups in total. The molecular weight excluding hydrogens is 308 g/mol. The second kappa shape index (κ2) is 6.06. The van der Waals surface area contributed by atoms with Crippen molar-refractivity contribution in [2.45, 2.75) is 68.0 Å². The van der Waals surface area contributed by atoms with Gasteiger partial charge in [-0.2, -0.15) is 0 Å². The lowest BCUT2D eigenvalue weighted by Gasteiger charge is -2.37. The lowest BCUT2D eigenvalue weighted by molar-refractivity contribution is 0.0712. The van der Waals surface area contributed by atoms with Crippen LogP contribution in [0.15, 0.2) is 47.1 Å². The molecule has 4 heteroatoms. The maximum Gasteiger partial charge on any atom is 0.250 e. The molecule has 0 radical (unpaired) electrons. The van der Waals surface area contributed by atoms with E-state index in [0.29, 0.717) is 6.42 Å². The van der Waals surface area contributed by atoms with Crippen molar-refractivity contribution in [3.63, 3.8) is 0 Å². The zero-order valence-electron chi connectivity index (χ0n) is 14.5. The third-order valence-electron chi connectivity index (χ3n) is 4.68. The van der Waals surface area contributed by atoms with Gasteiger partial charge in [0.05, 0.1) is 16.6 Å². The summed E-state index contributed by atoms with van der Waals surface area (Å²) < 4.78 is 6.39. The van der Waals surface area contributed by atoms with Crippen LogP contribution in [0.2, 0.25) is 18.1 Å². The summed E-state index contributed by atoms with van der Waals surface area (Å²) in [5, 5.41) is 11.0. The first-order valence-corrected chi connectivity index (χ1v) is 11.6. The first kappa shape index (κ1) is 17.6. The fourth-order valence-corrected chi connectivity index (χ4v) is 4.48. The quantitative estimate of drug-likeness (QED) is 0.766. The van der Waals surface area contributed by atoms with Crippen LogP contribution in [-0.4, -0.2) is 24.3 Å². The Kier molecular flexibility index (Phi) is 4.86. The Hall–Kier alpha value is -0.713. The van der Waals surface area contributed by atoms with Crippen LogP contribution in [-0.2, 0) is 4.43 Å². The van der Waals surface area contributed by atoms with Gasteiger partial charge in [-0.25, -0.2) is 0 Å². The van der Waals surface area contributed by atoms with E-state index in [-0.39, 0.29) is 10.3 Å². The van der Waals surface area contributed by atoms with Gasteiger partial charge in [0, 0.05) is 11.3 Å². The van der Waals surface area contributed by atoms with Crippen LogP contribution < -0.4 is 0 Å². The normalized spacial score (nSPS) is 26.0. The number of hydrogen-bond donors (Lipinski definition) is 1. The Morgan fingerprint density at radius 1 is 1.23 bits per heavy atom. The molecule has 0 bridgehead atoms. The van der Waals surface area contributed by atoms with E-state index in [4.69, 9.17) is 4.43 Å². The predicted molar refractivity (Wildman–Crippen MR) is 97.7 cm³/mol. The molecule has 2 nitrogen and oxygen atoms in total. The molecule has 1 aliphatic rings. The van der Waals surface area contributed by atoms with Gasteiger partial charge >= 0.3 is 0 Å². The SMILES string of the molecule is CC(C)(C)[Si](C)(C)OC1=C[C@H](Sc2ccccc2)[C@@](C)(O)C1. The minimum absolute atomic E-state index is 0.0367. The van der Waals surface area contributed by atoms with Crippen LogP contribution in [0.4, 0.5) is 0 Å². The van der Waals surface area contributed by atoms with Crippen LogP contribution in [0, 0.1) is 0 Å². The monoisotopic (exact) mass is 336 g/mol. The zero-order valence-corrected chi connectivity index (χ0v) is 16.3.